The van der Waals surface area contributed by atoms with Crippen LogP contribution in [0.1, 0.15) is 17.2 Å². The SMILES string of the molecule is Cc1ccccc1N=C(NC#N)N1CCN(S(=O)(=O)c2cccc(Oc3ccc(F)cc3)c2)C(c2ccccc2)C1. The van der Waals surface area contributed by atoms with E-state index in [1.54, 1.807) is 12.1 Å². The molecule has 0 amide bonds. The lowest BCUT2D eigenvalue weighted by Crippen LogP contribution is -2.54. The number of sulfonamides is 1. The average molecular weight is 570 g/mol. The minimum absolute atomic E-state index is 0.0791. The van der Waals surface area contributed by atoms with E-state index in [0.717, 1.165) is 16.8 Å². The fraction of sp³-hybridized carbons (Fsp3) is 0.161. The van der Waals surface area contributed by atoms with Gasteiger partial charge in [0, 0.05) is 25.7 Å². The molecule has 1 heterocycles. The normalized spacial score (nSPS) is 16.2. The number of halogens is 1. The molecule has 0 bridgehead atoms. The van der Waals surface area contributed by atoms with Crippen molar-refractivity contribution in [2.24, 2.45) is 4.99 Å². The van der Waals surface area contributed by atoms with Crippen LogP contribution in [0, 0.1) is 24.2 Å². The van der Waals surface area contributed by atoms with E-state index < -0.39 is 21.9 Å². The Labute approximate surface area is 239 Å². The third-order valence-electron chi connectivity index (χ3n) is 6.79. The van der Waals surface area contributed by atoms with Gasteiger partial charge in [-0.25, -0.2) is 17.8 Å². The molecule has 1 N–H and O–H groups in total. The van der Waals surface area contributed by atoms with Crippen LogP contribution in [0.15, 0.2) is 113 Å². The van der Waals surface area contributed by atoms with Crippen LogP contribution in [0.5, 0.6) is 11.5 Å². The Morgan fingerprint density at radius 3 is 2.41 bits per heavy atom. The molecule has 0 aromatic heterocycles. The summed E-state index contributed by atoms with van der Waals surface area (Å²) in [5, 5.41) is 12.2. The highest BCUT2D eigenvalue weighted by atomic mass is 32.2. The van der Waals surface area contributed by atoms with E-state index in [-0.39, 0.29) is 18.0 Å². The smallest absolute Gasteiger partial charge is 0.243 e. The summed E-state index contributed by atoms with van der Waals surface area (Å²) in [6.07, 6.45) is 1.97. The van der Waals surface area contributed by atoms with Crippen molar-refractivity contribution >= 4 is 21.7 Å². The number of piperazine rings is 1. The van der Waals surface area contributed by atoms with Gasteiger partial charge in [0.05, 0.1) is 16.6 Å². The third-order valence-corrected chi connectivity index (χ3v) is 8.69. The Bertz CT molecular complexity index is 1690. The Kier molecular flexibility index (Phi) is 8.29. The number of aryl methyl sites for hydroxylation is 1. The molecule has 1 saturated heterocycles. The van der Waals surface area contributed by atoms with E-state index in [9.17, 15) is 18.1 Å². The van der Waals surface area contributed by atoms with Crippen LogP contribution < -0.4 is 10.1 Å². The Morgan fingerprint density at radius 1 is 0.951 bits per heavy atom. The highest BCUT2D eigenvalue weighted by Gasteiger charge is 2.38. The maximum Gasteiger partial charge on any atom is 0.243 e. The number of para-hydroxylation sites is 1. The van der Waals surface area contributed by atoms with Crippen molar-refractivity contribution in [2.75, 3.05) is 19.6 Å². The van der Waals surface area contributed by atoms with Gasteiger partial charge >= 0.3 is 0 Å². The summed E-state index contributed by atoms with van der Waals surface area (Å²) in [6, 6.07) is 28.2. The van der Waals surface area contributed by atoms with E-state index in [4.69, 9.17) is 9.73 Å². The minimum Gasteiger partial charge on any atom is -0.457 e. The van der Waals surface area contributed by atoms with Crippen molar-refractivity contribution in [3.8, 4) is 17.7 Å². The molecule has 0 saturated carbocycles. The monoisotopic (exact) mass is 569 g/mol. The van der Waals surface area contributed by atoms with Gasteiger partial charge in [0.1, 0.15) is 17.3 Å². The summed E-state index contributed by atoms with van der Waals surface area (Å²) >= 11 is 0. The van der Waals surface area contributed by atoms with Crippen LogP contribution in [0.2, 0.25) is 0 Å². The fourth-order valence-corrected chi connectivity index (χ4v) is 6.33. The summed E-state index contributed by atoms with van der Waals surface area (Å²) in [5.74, 6) is 0.673. The molecular weight excluding hydrogens is 541 g/mol. The Hall–Kier alpha value is -4.72. The fourth-order valence-electron chi connectivity index (χ4n) is 4.70. The number of ether oxygens (including phenoxy) is 1. The van der Waals surface area contributed by atoms with Gasteiger partial charge in [-0.15, -0.1) is 0 Å². The van der Waals surface area contributed by atoms with Gasteiger partial charge in [0.15, 0.2) is 6.19 Å². The van der Waals surface area contributed by atoms with Gasteiger partial charge in [0.2, 0.25) is 16.0 Å². The predicted molar refractivity (Wildman–Crippen MR) is 155 cm³/mol. The zero-order valence-electron chi connectivity index (χ0n) is 22.3. The quantitative estimate of drug-likeness (QED) is 0.138. The molecule has 208 valence electrons. The van der Waals surface area contributed by atoms with E-state index in [1.807, 2.05) is 72.6 Å². The van der Waals surface area contributed by atoms with Crippen LogP contribution >= 0.6 is 0 Å². The summed E-state index contributed by atoms with van der Waals surface area (Å²) in [5.41, 5.74) is 2.48. The molecule has 0 radical (unpaired) electrons. The average Bonchev–Trinajstić information content (AvgIpc) is 2.99. The highest BCUT2D eigenvalue weighted by molar-refractivity contribution is 7.89. The molecule has 8 nitrogen and oxygen atoms in total. The number of nitrogens with zero attached hydrogens (tertiary/aromatic N) is 4. The van der Waals surface area contributed by atoms with Crippen molar-refractivity contribution in [2.45, 2.75) is 17.9 Å². The van der Waals surface area contributed by atoms with E-state index in [1.165, 1.54) is 40.7 Å². The summed E-state index contributed by atoms with van der Waals surface area (Å²) in [4.78, 5) is 6.68. The number of hydrogen-bond acceptors (Lipinski definition) is 5. The first-order valence-electron chi connectivity index (χ1n) is 13.0. The molecule has 4 aromatic rings. The van der Waals surface area contributed by atoms with Crippen LogP contribution in [0.25, 0.3) is 0 Å². The molecule has 1 aliphatic rings. The summed E-state index contributed by atoms with van der Waals surface area (Å²) < 4.78 is 48.7. The zero-order chi connectivity index (χ0) is 28.8. The number of rotatable bonds is 6. The molecular formula is C31H28FN5O3S. The van der Waals surface area contributed by atoms with Crippen LogP contribution in [0.4, 0.5) is 10.1 Å². The molecule has 10 heteroatoms. The van der Waals surface area contributed by atoms with Crippen LogP contribution in [0.3, 0.4) is 0 Å². The van der Waals surface area contributed by atoms with Crippen molar-refractivity contribution in [1.82, 2.24) is 14.5 Å². The maximum atomic E-state index is 14.1. The van der Waals surface area contributed by atoms with Crippen LogP contribution in [-0.4, -0.2) is 43.2 Å². The number of nitriles is 1. The second kappa shape index (κ2) is 12.2. The number of nitrogens with one attached hydrogen (secondary N) is 1. The molecule has 0 spiro atoms. The first-order chi connectivity index (χ1) is 19.8. The van der Waals surface area contributed by atoms with E-state index in [0.29, 0.717) is 24.0 Å². The van der Waals surface area contributed by atoms with Gasteiger partial charge in [-0.05, 0) is 60.5 Å². The molecule has 1 fully saturated rings. The minimum atomic E-state index is -3.97. The lowest BCUT2D eigenvalue weighted by atomic mass is 10.0. The van der Waals surface area contributed by atoms with Crippen molar-refractivity contribution in [3.05, 3.63) is 120 Å². The molecule has 1 aliphatic heterocycles. The Morgan fingerprint density at radius 2 is 1.68 bits per heavy atom. The number of benzene rings is 4. The lowest BCUT2D eigenvalue weighted by molar-refractivity contribution is 0.192. The number of hydrogen-bond donors (Lipinski definition) is 1. The van der Waals surface area contributed by atoms with E-state index >= 15 is 0 Å². The molecule has 1 atom stereocenters. The van der Waals surface area contributed by atoms with Crippen LogP contribution in [-0.2, 0) is 10.0 Å². The molecule has 5 rings (SSSR count). The summed E-state index contributed by atoms with van der Waals surface area (Å²) in [6.45, 7) is 2.68. The number of aliphatic imine (C=N–C) groups is 1. The predicted octanol–water partition coefficient (Wildman–Crippen LogP) is 5.73. The van der Waals surface area contributed by atoms with Crippen molar-refractivity contribution < 1.29 is 17.5 Å². The molecule has 0 aliphatic carbocycles. The van der Waals surface area contributed by atoms with Gasteiger partial charge in [-0.2, -0.15) is 9.57 Å². The standard InChI is InChI=1S/C31H28FN5O3S/c1-23-8-5-6-13-29(23)35-31(34-22-33)36-18-19-37(30(21-36)24-9-3-2-4-10-24)41(38,39)28-12-7-11-27(20-28)40-26-16-14-25(32)15-17-26/h2-17,20,30H,18-19,21H2,1H3,(H,34,35). The lowest BCUT2D eigenvalue weighted by Gasteiger charge is -2.41. The largest absolute Gasteiger partial charge is 0.457 e. The van der Waals surface area contributed by atoms with Crippen molar-refractivity contribution in [1.29, 1.82) is 5.26 Å². The first kappa shape index (κ1) is 27.8. The second-order valence-corrected chi connectivity index (χ2v) is 11.4. The van der Waals surface area contributed by atoms with Crippen molar-refractivity contribution in [3.63, 3.8) is 0 Å². The van der Waals surface area contributed by atoms with Gasteiger partial charge < -0.3 is 9.64 Å². The maximum absolute atomic E-state index is 14.1. The van der Waals surface area contributed by atoms with E-state index in [2.05, 4.69) is 5.32 Å². The first-order valence-corrected chi connectivity index (χ1v) is 14.4. The molecule has 1 unspecified atom stereocenters. The third kappa shape index (κ3) is 6.38. The van der Waals surface area contributed by atoms with Gasteiger partial charge in [-0.1, -0.05) is 54.6 Å². The highest BCUT2D eigenvalue weighted by Crippen LogP contribution is 2.33. The molecule has 41 heavy (non-hydrogen) atoms. The second-order valence-electron chi connectivity index (χ2n) is 9.48. The zero-order valence-corrected chi connectivity index (χ0v) is 23.1. The van der Waals surface area contributed by atoms with Gasteiger partial charge in [0.25, 0.3) is 0 Å². The molecule has 4 aromatic carbocycles. The topological polar surface area (TPSA) is 98.0 Å². The van der Waals surface area contributed by atoms with Gasteiger partial charge in [-0.3, -0.25) is 5.32 Å². The Balaban J connectivity index is 1.46. The summed E-state index contributed by atoms with van der Waals surface area (Å²) in [7, 11) is -3.97. The number of guanidine groups is 1.